The second kappa shape index (κ2) is 8.05. The van der Waals surface area contributed by atoms with Gasteiger partial charge in [-0.2, -0.15) is 4.31 Å². The Bertz CT molecular complexity index is 1140. The van der Waals surface area contributed by atoms with Crippen LogP contribution < -0.4 is 4.74 Å². The van der Waals surface area contributed by atoms with E-state index < -0.39 is 10.0 Å². The van der Waals surface area contributed by atoms with Gasteiger partial charge in [0.05, 0.1) is 4.90 Å². The zero-order chi connectivity index (χ0) is 21.4. The Hall–Kier alpha value is -2.77. The Morgan fingerprint density at radius 3 is 1.97 bits per heavy atom. The van der Waals surface area contributed by atoms with Gasteiger partial charge in [0, 0.05) is 37.3 Å². The zero-order valence-electron chi connectivity index (χ0n) is 16.9. The molecule has 3 heterocycles. The molecule has 7 heteroatoms. The van der Waals surface area contributed by atoms with Crippen molar-refractivity contribution in [3.05, 3.63) is 78.9 Å². The van der Waals surface area contributed by atoms with E-state index in [1.165, 1.54) is 12.1 Å². The lowest BCUT2D eigenvalue weighted by Gasteiger charge is -2.37. The lowest BCUT2D eigenvalue weighted by atomic mass is 10.0. The predicted molar refractivity (Wildman–Crippen MR) is 116 cm³/mol. The Morgan fingerprint density at radius 1 is 0.839 bits per heavy atom. The molecule has 2 aliphatic rings. The third-order valence-corrected chi connectivity index (χ3v) is 8.20. The fourth-order valence-electron chi connectivity index (χ4n) is 4.77. The number of ether oxygens (including phenoxy) is 1. The Kier molecular flexibility index (Phi) is 5.24. The van der Waals surface area contributed by atoms with Gasteiger partial charge in [0.1, 0.15) is 17.7 Å². The van der Waals surface area contributed by atoms with Crippen LogP contribution in [0.4, 0.5) is 4.39 Å². The predicted octanol–water partition coefficient (Wildman–Crippen LogP) is 4.65. The maximum Gasteiger partial charge on any atom is 0.243 e. The van der Waals surface area contributed by atoms with Crippen LogP contribution in [0.3, 0.4) is 0 Å². The van der Waals surface area contributed by atoms with E-state index in [-0.39, 0.29) is 24.0 Å². The molecule has 5 rings (SSSR count). The fourth-order valence-corrected chi connectivity index (χ4v) is 6.66. The third kappa shape index (κ3) is 3.95. The van der Waals surface area contributed by atoms with Crippen molar-refractivity contribution in [3.63, 3.8) is 0 Å². The quantitative estimate of drug-likeness (QED) is 0.582. The first-order valence-electron chi connectivity index (χ1n) is 10.5. The van der Waals surface area contributed by atoms with Gasteiger partial charge >= 0.3 is 0 Å². The molecule has 31 heavy (non-hydrogen) atoms. The number of hydrogen-bond donors (Lipinski definition) is 0. The van der Waals surface area contributed by atoms with Crippen molar-refractivity contribution >= 4 is 10.0 Å². The van der Waals surface area contributed by atoms with Gasteiger partial charge in [0.25, 0.3) is 0 Å². The Labute approximate surface area is 181 Å². The number of piperidine rings is 1. The number of rotatable bonds is 5. The molecule has 160 valence electrons. The van der Waals surface area contributed by atoms with Crippen LogP contribution in [0.25, 0.3) is 11.1 Å². The number of sulfonamides is 1. The minimum Gasteiger partial charge on any atom is -0.490 e. The zero-order valence-corrected chi connectivity index (χ0v) is 17.7. The van der Waals surface area contributed by atoms with Gasteiger partial charge in [-0.25, -0.2) is 12.8 Å². The van der Waals surface area contributed by atoms with E-state index in [9.17, 15) is 12.8 Å². The Balaban J connectivity index is 1.33. The van der Waals surface area contributed by atoms with Crippen molar-refractivity contribution in [3.8, 4) is 16.9 Å². The highest BCUT2D eigenvalue weighted by molar-refractivity contribution is 7.89. The molecule has 2 aromatic carbocycles. The number of benzene rings is 2. The smallest absolute Gasteiger partial charge is 0.243 e. The average Bonchev–Trinajstić information content (AvgIpc) is 3.07. The van der Waals surface area contributed by atoms with E-state index in [1.807, 2.05) is 12.1 Å². The molecule has 0 saturated carbocycles. The number of fused-ring (bicyclic) bond motifs is 2. The highest BCUT2D eigenvalue weighted by Gasteiger charge is 2.47. The van der Waals surface area contributed by atoms with E-state index in [0.29, 0.717) is 17.7 Å². The van der Waals surface area contributed by atoms with Gasteiger partial charge in [0.2, 0.25) is 10.0 Å². The molecule has 0 N–H and O–H groups in total. The molecule has 2 bridgehead atoms. The van der Waals surface area contributed by atoms with E-state index >= 15 is 0 Å². The van der Waals surface area contributed by atoms with Crippen molar-refractivity contribution in [1.29, 1.82) is 0 Å². The van der Waals surface area contributed by atoms with E-state index in [0.717, 1.165) is 29.7 Å². The number of pyridine rings is 1. The van der Waals surface area contributed by atoms with Gasteiger partial charge < -0.3 is 4.74 Å². The van der Waals surface area contributed by atoms with Gasteiger partial charge in [-0.05, 0) is 60.4 Å². The summed E-state index contributed by atoms with van der Waals surface area (Å²) in [7, 11) is -3.59. The second-order valence-corrected chi connectivity index (χ2v) is 9.99. The normalized spacial score (nSPS) is 23.6. The second-order valence-electron chi connectivity index (χ2n) is 8.15. The molecule has 2 saturated heterocycles. The average molecular weight is 439 g/mol. The van der Waals surface area contributed by atoms with E-state index in [1.54, 1.807) is 53.1 Å². The molecule has 0 spiro atoms. The topological polar surface area (TPSA) is 59.5 Å². The molecule has 1 aromatic heterocycles. The molecule has 2 atom stereocenters. The first-order chi connectivity index (χ1) is 15.0. The van der Waals surface area contributed by atoms with Crippen LogP contribution >= 0.6 is 0 Å². The number of halogens is 1. The summed E-state index contributed by atoms with van der Waals surface area (Å²) in [6.07, 6.45) is 6.48. The molecule has 5 nitrogen and oxygen atoms in total. The molecule has 3 aromatic rings. The molecule has 2 aliphatic heterocycles. The van der Waals surface area contributed by atoms with Crippen molar-refractivity contribution in [1.82, 2.24) is 9.29 Å². The summed E-state index contributed by atoms with van der Waals surface area (Å²) in [5, 5.41) is 0. The summed E-state index contributed by atoms with van der Waals surface area (Å²) >= 11 is 0. The van der Waals surface area contributed by atoms with Gasteiger partial charge in [-0.3, -0.25) is 4.98 Å². The van der Waals surface area contributed by atoms with Crippen LogP contribution in [0.15, 0.2) is 78.0 Å². The lowest BCUT2D eigenvalue weighted by molar-refractivity contribution is 0.0956. The number of aromatic nitrogens is 1. The molecule has 0 radical (unpaired) electrons. The minimum atomic E-state index is -3.59. The van der Waals surface area contributed by atoms with Crippen LogP contribution in [0.2, 0.25) is 0 Å². The highest BCUT2D eigenvalue weighted by atomic mass is 32.2. The van der Waals surface area contributed by atoms with Crippen LogP contribution in [0.5, 0.6) is 5.75 Å². The molecule has 0 aliphatic carbocycles. The summed E-state index contributed by atoms with van der Waals surface area (Å²) in [6.45, 7) is 0. The minimum absolute atomic E-state index is 0.00667. The fraction of sp³-hybridized carbons (Fsp3) is 0.292. The van der Waals surface area contributed by atoms with Crippen molar-refractivity contribution in [2.45, 2.75) is 48.8 Å². The molecule has 2 fully saturated rings. The molecule has 0 unspecified atom stereocenters. The summed E-state index contributed by atoms with van der Waals surface area (Å²) in [4.78, 5) is 4.30. The van der Waals surface area contributed by atoms with Crippen LogP contribution in [0, 0.1) is 5.82 Å². The lowest BCUT2D eigenvalue weighted by Crippen LogP contribution is -2.49. The maximum absolute atomic E-state index is 13.4. The van der Waals surface area contributed by atoms with Crippen LogP contribution in [-0.2, 0) is 10.0 Å². The summed E-state index contributed by atoms with van der Waals surface area (Å²) in [6, 6.07) is 16.6. The monoisotopic (exact) mass is 438 g/mol. The highest BCUT2D eigenvalue weighted by Crippen LogP contribution is 2.41. The van der Waals surface area contributed by atoms with Crippen molar-refractivity contribution in [2.24, 2.45) is 0 Å². The van der Waals surface area contributed by atoms with Crippen LogP contribution in [0.1, 0.15) is 25.7 Å². The van der Waals surface area contributed by atoms with Crippen molar-refractivity contribution < 1.29 is 17.5 Å². The largest absolute Gasteiger partial charge is 0.490 e. The van der Waals surface area contributed by atoms with Gasteiger partial charge in [-0.15, -0.1) is 0 Å². The summed E-state index contributed by atoms with van der Waals surface area (Å²) < 4.78 is 47.8. The SMILES string of the molecule is O=S(=O)(c1ccc(-c2ccc(F)cc2)cc1)N1[C@H]2CC[C@H]1CC(Oc1ccncc1)C2. The molecular weight excluding hydrogens is 415 g/mol. The molecular formula is C24H23FN2O3S. The standard InChI is InChI=1S/C24H23FN2O3S/c25-19-5-1-17(2-6-19)18-3-9-24(10-4-18)31(28,29)27-20-7-8-21(27)16-23(15-20)30-22-11-13-26-14-12-22/h1-6,9-14,20-21,23H,7-8,15-16H2/t20-,21-/m0/s1. The van der Waals surface area contributed by atoms with Crippen LogP contribution in [-0.4, -0.2) is 35.9 Å². The number of hydrogen-bond acceptors (Lipinski definition) is 4. The maximum atomic E-state index is 13.4. The Morgan fingerprint density at radius 2 is 1.39 bits per heavy atom. The van der Waals surface area contributed by atoms with E-state index in [4.69, 9.17) is 4.74 Å². The number of nitrogens with zero attached hydrogens (tertiary/aromatic N) is 2. The summed E-state index contributed by atoms with van der Waals surface area (Å²) in [5.41, 5.74) is 1.70. The molecule has 0 amide bonds. The first kappa shape index (κ1) is 20.2. The summed E-state index contributed by atoms with van der Waals surface area (Å²) in [5.74, 6) is 0.474. The van der Waals surface area contributed by atoms with E-state index in [2.05, 4.69) is 4.98 Å². The third-order valence-electron chi connectivity index (χ3n) is 6.18. The first-order valence-corrected chi connectivity index (χ1v) is 11.9. The van der Waals surface area contributed by atoms with Gasteiger partial charge in [0.15, 0.2) is 0 Å². The van der Waals surface area contributed by atoms with Crippen molar-refractivity contribution in [2.75, 3.05) is 0 Å². The van der Waals surface area contributed by atoms with Gasteiger partial charge in [-0.1, -0.05) is 24.3 Å².